The quantitative estimate of drug-likeness (QED) is 0.874. The van der Waals surface area contributed by atoms with Gasteiger partial charge in [0.2, 0.25) is 0 Å². The Morgan fingerprint density at radius 1 is 1.17 bits per heavy atom. The number of carboxylic acids is 1. The molecular formula is C13H14ClNO3. The summed E-state index contributed by atoms with van der Waals surface area (Å²) in [4.78, 5) is 10.3. The third-order valence-electron chi connectivity index (χ3n) is 2.30. The average molecular weight is 268 g/mol. The molecule has 2 N–H and O–H groups in total. The Balaban J connectivity index is 0.00000162. The first-order valence-corrected chi connectivity index (χ1v) is 5.32. The van der Waals surface area contributed by atoms with Gasteiger partial charge in [-0.05, 0) is 12.1 Å². The largest absolute Gasteiger partial charge is 0.480 e. The minimum Gasteiger partial charge on any atom is -0.480 e. The van der Waals surface area contributed by atoms with Gasteiger partial charge in [0.05, 0.1) is 13.1 Å². The van der Waals surface area contributed by atoms with Crippen molar-refractivity contribution in [1.82, 2.24) is 5.32 Å². The second kappa shape index (κ2) is 6.83. The lowest BCUT2D eigenvalue weighted by atomic mass is 10.2. The van der Waals surface area contributed by atoms with Gasteiger partial charge in [-0.2, -0.15) is 0 Å². The van der Waals surface area contributed by atoms with Crippen LogP contribution in [0.25, 0.3) is 11.3 Å². The third-order valence-corrected chi connectivity index (χ3v) is 2.30. The molecule has 4 nitrogen and oxygen atoms in total. The molecule has 1 aromatic carbocycles. The molecular weight excluding hydrogens is 254 g/mol. The summed E-state index contributed by atoms with van der Waals surface area (Å²) in [5.41, 5.74) is 1.01. The first-order chi connectivity index (χ1) is 8.25. The van der Waals surface area contributed by atoms with Crippen LogP contribution < -0.4 is 5.32 Å². The van der Waals surface area contributed by atoms with Crippen molar-refractivity contribution in [1.29, 1.82) is 0 Å². The fourth-order valence-electron chi connectivity index (χ4n) is 1.52. The molecule has 0 aliphatic carbocycles. The number of hydrogen-bond acceptors (Lipinski definition) is 3. The molecule has 2 aromatic rings. The molecule has 96 valence electrons. The van der Waals surface area contributed by atoms with Crippen molar-refractivity contribution in [3.05, 3.63) is 48.2 Å². The topological polar surface area (TPSA) is 62.5 Å². The lowest BCUT2D eigenvalue weighted by molar-refractivity contribution is -0.136. The second-order valence-electron chi connectivity index (χ2n) is 3.63. The molecule has 0 saturated carbocycles. The lowest BCUT2D eigenvalue weighted by Crippen LogP contribution is -2.21. The van der Waals surface area contributed by atoms with Crippen LogP contribution >= 0.6 is 12.4 Å². The molecule has 0 spiro atoms. The van der Waals surface area contributed by atoms with Gasteiger partial charge in [-0.25, -0.2) is 0 Å². The van der Waals surface area contributed by atoms with E-state index in [4.69, 9.17) is 9.52 Å². The zero-order chi connectivity index (χ0) is 12.1. The lowest BCUT2D eigenvalue weighted by Gasteiger charge is -1.98. The number of aliphatic carboxylic acids is 1. The molecule has 0 saturated heterocycles. The van der Waals surface area contributed by atoms with Crippen LogP contribution in [0.5, 0.6) is 0 Å². The van der Waals surface area contributed by atoms with Crippen LogP contribution in [-0.4, -0.2) is 17.6 Å². The van der Waals surface area contributed by atoms with Crippen LogP contribution in [0.2, 0.25) is 0 Å². The molecule has 0 fully saturated rings. The minimum absolute atomic E-state index is 0. The normalized spacial score (nSPS) is 9.78. The molecule has 0 radical (unpaired) electrons. The Bertz CT molecular complexity index is 496. The summed E-state index contributed by atoms with van der Waals surface area (Å²) < 4.78 is 5.60. The van der Waals surface area contributed by atoms with E-state index in [9.17, 15) is 4.79 Å². The van der Waals surface area contributed by atoms with Crippen LogP contribution in [0.4, 0.5) is 0 Å². The van der Waals surface area contributed by atoms with E-state index in [0.717, 1.165) is 17.1 Å². The van der Waals surface area contributed by atoms with Crippen molar-refractivity contribution in [2.45, 2.75) is 6.54 Å². The first kappa shape index (κ1) is 14.3. The summed E-state index contributed by atoms with van der Waals surface area (Å²) in [5, 5.41) is 11.3. The highest BCUT2D eigenvalue weighted by molar-refractivity contribution is 5.85. The van der Waals surface area contributed by atoms with E-state index in [-0.39, 0.29) is 19.0 Å². The number of furan rings is 1. The van der Waals surface area contributed by atoms with Crippen molar-refractivity contribution in [2.24, 2.45) is 0 Å². The van der Waals surface area contributed by atoms with E-state index in [1.54, 1.807) is 0 Å². The van der Waals surface area contributed by atoms with E-state index < -0.39 is 5.97 Å². The summed E-state index contributed by atoms with van der Waals surface area (Å²) in [6, 6.07) is 13.5. The van der Waals surface area contributed by atoms with Gasteiger partial charge in [0.25, 0.3) is 0 Å². The first-order valence-electron chi connectivity index (χ1n) is 5.32. The van der Waals surface area contributed by atoms with Gasteiger partial charge >= 0.3 is 5.97 Å². The van der Waals surface area contributed by atoms with Gasteiger partial charge in [0.1, 0.15) is 11.5 Å². The highest BCUT2D eigenvalue weighted by Crippen LogP contribution is 2.21. The Labute approximate surface area is 111 Å². The Morgan fingerprint density at radius 3 is 2.56 bits per heavy atom. The summed E-state index contributed by atoms with van der Waals surface area (Å²) >= 11 is 0. The van der Waals surface area contributed by atoms with Crippen molar-refractivity contribution >= 4 is 18.4 Å². The van der Waals surface area contributed by atoms with Crippen molar-refractivity contribution in [3.63, 3.8) is 0 Å². The van der Waals surface area contributed by atoms with Crippen LogP contribution in [0.1, 0.15) is 5.76 Å². The van der Waals surface area contributed by atoms with Gasteiger partial charge in [-0.3, -0.25) is 10.1 Å². The average Bonchev–Trinajstić information content (AvgIpc) is 2.78. The smallest absolute Gasteiger partial charge is 0.317 e. The molecule has 0 aliphatic rings. The SMILES string of the molecule is Cl.O=C(O)CNCc1ccc(-c2ccccc2)o1. The Kier molecular flexibility index (Phi) is 5.42. The van der Waals surface area contributed by atoms with Gasteiger partial charge in [-0.1, -0.05) is 30.3 Å². The standard InChI is InChI=1S/C13H13NO3.ClH/c15-13(16)9-14-8-11-6-7-12(17-11)10-4-2-1-3-5-10;/h1-7,14H,8-9H2,(H,15,16);1H. The molecule has 0 atom stereocenters. The number of benzene rings is 1. The van der Waals surface area contributed by atoms with Crippen molar-refractivity contribution in [2.75, 3.05) is 6.54 Å². The van der Waals surface area contributed by atoms with Crippen LogP contribution in [0, 0.1) is 0 Å². The zero-order valence-electron chi connectivity index (χ0n) is 9.63. The van der Waals surface area contributed by atoms with Gasteiger partial charge in [0, 0.05) is 5.56 Å². The maximum atomic E-state index is 10.3. The van der Waals surface area contributed by atoms with Crippen LogP contribution in [0.15, 0.2) is 46.9 Å². The fourth-order valence-corrected chi connectivity index (χ4v) is 1.52. The van der Waals surface area contributed by atoms with Crippen LogP contribution in [-0.2, 0) is 11.3 Å². The highest BCUT2D eigenvalue weighted by atomic mass is 35.5. The number of carboxylic acid groups (broad SMARTS) is 1. The Hall–Kier alpha value is -1.78. The molecule has 5 heteroatoms. The molecule has 0 unspecified atom stereocenters. The fraction of sp³-hybridized carbons (Fsp3) is 0.154. The Morgan fingerprint density at radius 2 is 1.89 bits per heavy atom. The maximum Gasteiger partial charge on any atom is 0.317 e. The summed E-state index contributed by atoms with van der Waals surface area (Å²) in [5.74, 6) is 0.641. The van der Waals surface area contributed by atoms with E-state index in [1.165, 1.54) is 0 Å². The van der Waals surface area contributed by atoms with E-state index in [0.29, 0.717) is 6.54 Å². The third kappa shape index (κ3) is 3.91. The second-order valence-corrected chi connectivity index (χ2v) is 3.63. The summed E-state index contributed by atoms with van der Waals surface area (Å²) in [6.45, 7) is 0.348. The van der Waals surface area contributed by atoms with Crippen molar-refractivity contribution < 1.29 is 14.3 Å². The number of nitrogens with one attached hydrogen (secondary N) is 1. The number of hydrogen-bond donors (Lipinski definition) is 2. The monoisotopic (exact) mass is 267 g/mol. The minimum atomic E-state index is -0.875. The molecule has 2 rings (SSSR count). The van der Waals surface area contributed by atoms with Crippen molar-refractivity contribution in [3.8, 4) is 11.3 Å². The molecule has 0 bridgehead atoms. The van der Waals surface area contributed by atoms with E-state index >= 15 is 0 Å². The molecule has 1 aromatic heterocycles. The van der Waals surface area contributed by atoms with E-state index in [2.05, 4.69) is 5.32 Å². The zero-order valence-corrected chi connectivity index (χ0v) is 10.4. The molecule has 0 aliphatic heterocycles. The number of carbonyl (C=O) groups is 1. The molecule has 18 heavy (non-hydrogen) atoms. The van der Waals surface area contributed by atoms with E-state index in [1.807, 2.05) is 42.5 Å². The molecule has 0 amide bonds. The van der Waals surface area contributed by atoms with Gasteiger partial charge in [0.15, 0.2) is 0 Å². The summed E-state index contributed by atoms with van der Waals surface area (Å²) in [7, 11) is 0. The van der Waals surface area contributed by atoms with Crippen LogP contribution in [0.3, 0.4) is 0 Å². The highest BCUT2D eigenvalue weighted by Gasteiger charge is 2.04. The number of rotatable bonds is 5. The predicted molar refractivity (Wildman–Crippen MR) is 70.7 cm³/mol. The number of halogens is 1. The maximum absolute atomic E-state index is 10.3. The predicted octanol–water partition coefficient (Wildman–Crippen LogP) is 2.54. The summed E-state index contributed by atoms with van der Waals surface area (Å²) in [6.07, 6.45) is 0. The van der Waals surface area contributed by atoms with Gasteiger partial charge in [-0.15, -0.1) is 12.4 Å². The molecule has 1 heterocycles. The van der Waals surface area contributed by atoms with Gasteiger partial charge < -0.3 is 9.52 Å².